The largest absolute Gasteiger partial charge is 0.456 e. The lowest BCUT2D eigenvalue weighted by Gasteiger charge is -2.23. The Morgan fingerprint density at radius 1 is 0.345 bits per heavy atom. The summed E-state index contributed by atoms with van der Waals surface area (Å²) >= 11 is 0. The third-order valence-corrected chi connectivity index (χ3v) is 11.0. The van der Waals surface area contributed by atoms with Crippen molar-refractivity contribution in [1.82, 2.24) is 0 Å². The van der Waals surface area contributed by atoms with Crippen molar-refractivity contribution in [2.45, 2.75) is 0 Å². The summed E-state index contributed by atoms with van der Waals surface area (Å²) in [5, 5.41) is 4.24. The lowest BCUT2D eigenvalue weighted by molar-refractivity contribution is 0.487. The monoisotopic (exact) mass is 705 g/mol. The summed E-state index contributed by atoms with van der Waals surface area (Å²) in [7, 11) is 0. The summed E-state index contributed by atoms with van der Waals surface area (Å²) < 4.78 is 87.8. The molecule has 0 fully saturated rings. The van der Waals surface area contributed by atoms with Gasteiger partial charge in [0.2, 0.25) is 0 Å². The van der Waals surface area contributed by atoms with Crippen LogP contribution >= 0.6 is 0 Å². The molecule has 1 nitrogen and oxygen atoms in total. The molecule has 254 valence electrons. The van der Waals surface area contributed by atoms with Crippen LogP contribution in [0, 0.1) is 0 Å². The summed E-state index contributed by atoms with van der Waals surface area (Å²) in [5.74, 6) is -0.473. The number of fused-ring (bicyclic) bond motifs is 6. The van der Waals surface area contributed by atoms with Gasteiger partial charge < -0.3 is 4.74 Å². The molecule has 2 aliphatic rings. The Kier molecular flexibility index (Phi) is 4.82. The molecule has 0 saturated heterocycles. The second-order valence-corrected chi connectivity index (χ2v) is 14.0. The highest BCUT2D eigenvalue weighted by Crippen LogP contribution is 2.58. The zero-order valence-electron chi connectivity index (χ0n) is 38.2. The first kappa shape index (κ1) is 22.8. The van der Waals surface area contributed by atoms with Crippen molar-refractivity contribution in [2.75, 3.05) is 0 Å². The van der Waals surface area contributed by atoms with Crippen LogP contribution in [0.3, 0.4) is 0 Å². The number of hydrogen-bond donors (Lipinski definition) is 0. The minimum atomic E-state index is -0.525. The number of hydrogen-bond acceptors (Lipinski definition) is 1. The molecule has 1 heteroatoms. The average Bonchev–Trinajstić information content (AvgIpc) is 3.65. The predicted molar refractivity (Wildman–Crippen MR) is 231 cm³/mol. The molecule has 1 aliphatic heterocycles. The summed E-state index contributed by atoms with van der Waals surface area (Å²) in [6, 6.07) is 43.9. The Labute approximate surface area is 332 Å². The van der Waals surface area contributed by atoms with Crippen LogP contribution in [0.2, 0.25) is 0 Å². The fourth-order valence-corrected chi connectivity index (χ4v) is 8.75. The molecular weight excluding hydrogens is 665 g/mol. The van der Waals surface area contributed by atoms with Gasteiger partial charge >= 0.3 is 0 Å². The molecular formula is C54H32O. The topological polar surface area (TPSA) is 9.23 Å². The van der Waals surface area contributed by atoms with Gasteiger partial charge in [0.25, 0.3) is 0 Å². The SMILES string of the molecule is [2H]c1c([2H])c(-c2cc(-c3ccccc3)cc(-c3c4c(c(-c5ccccc5)c5ccccc35)-c3cccc5cccc-4c35)c2)c([2H])c2c1Oc1c([2H])c([2H])c([2H])c3c([2H])c([2H])c([2H])c-2c13. The Bertz CT molecular complexity index is 3720. The van der Waals surface area contributed by atoms with Gasteiger partial charge in [-0.1, -0.05) is 158 Å². The first-order valence-electron chi connectivity index (χ1n) is 22.8. The standard InChI is InChI=1S/C54H32O/c1-3-13-33(14-4-1)38-29-39(37-27-28-47-46(32-37)43-23-9-19-35-20-12-26-48(55-47)50(35)43)31-40(30-38)52-42-22-8-7-21-41(42)51(36-15-5-2-6-16-36)53-44-24-10-17-34-18-11-25-45(49(34)44)54(52)53/h1-32H/i9D,12D,19D,20D,23D,26D,27D,28D,32D. The van der Waals surface area contributed by atoms with Gasteiger partial charge in [-0.3, -0.25) is 0 Å². The lowest BCUT2D eigenvalue weighted by Crippen LogP contribution is -1.97. The molecule has 0 spiro atoms. The second kappa shape index (κ2) is 11.6. The Hall–Kier alpha value is -7.22. The Balaban J connectivity index is 1.22. The number of rotatable bonds is 4. The van der Waals surface area contributed by atoms with E-state index >= 15 is 0 Å². The van der Waals surface area contributed by atoms with Crippen LogP contribution in [0.1, 0.15) is 12.3 Å². The third-order valence-electron chi connectivity index (χ3n) is 11.0. The van der Waals surface area contributed by atoms with Gasteiger partial charge in [0, 0.05) is 10.9 Å². The Morgan fingerprint density at radius 3 is 1.65 bits per heavy atom. The molecule has 0 amide bonds. The van der Waals surface area contributed by atoms with Crippen molar-refractivity contribution in [3.05, 3.63) is 194 Å². The van der Waals surface area contributed by atoms with Crippen molar-refractivity contribution in [2.24, 2.45) is 0 Å². The third kappa shape index (κ3) is 4.48. The minimum Gasteiger partial charge on any atom is -0.456 e. The molecule has 10 aromatic carbocycles. The van der Waals surface area contributed by atoms with E-state index in [0.717, 1.165) is 77.2 Å². The maximum atomic E-state index is 9.96. The highest BCUT2D eigenvalue weighted by atomic mass is 16.5. The van der Waals surface area contributed by atoms with Gasteiger partial charge in [0.05, 0.1) is 12.3 Å². The van der Waals surface area contributed by atoms with Crippen LogP contribution in [0.15, 0.2) is 194 Å². The smallest absolute Gasteiger partial charge is 0.135 e. The van der Waals surface area contributed by atoms with Gasteiger partial charge in [-0.2, -0.15) is 0 Å². The first-order valence-corrected chi connectivity index (χ1v) is 18.3. The van der Waals surface area contributed by atoms with Crippen molar-refractivity contribution < 1.29 is 17.1 Å². The van der Waals surface area contributed by atoms with Gasteiger partial charge in [0.1, 0.15) is 11.5 Å². The molecule has 10 aromatic rings. The van der Waals surface area contributed by atoms with Crippen LogP contribution in [0.5, 0.6) is 11.5 Å². The summed E-state index contributed by atoms with van der Waals surface area (Å²) in [5.41, 5.74) is 10.7. The van der Waals surface area contributed by atoms with Crippen LogP contribution < -0.4 is 4.74 Å². The van der Waals surface area contributed by atoms with E-state index < -0.39 is 42.3 Å². The van der Waals surface area contributed by atoms with E-state index in [1.54, 1.807) is 0 Å². The molecule has 0 N–H and O–H groups in total. The van der Waals surface area contributed by atoms with Crippen molar-refractivity contribution >= 4 is 32.3 Å². The zero-order chi connectivity index (χ0) is 43.9. The summed E-state index contributed by atoms with van der Waals surface area (Å²) in [6.07, 6.45) is 0. The minimum absolute atomic E-state index is 0.00841. The highest BCUT2D eigenvalue weighted by molar-refractivity contribution is 6.27. The van der Waals surface area contributed by atoms with Crippen LogP contribution in [0.4, 0.5) is 0 Å². The van der Waals surface area contributed by atoms with E-state index in [9.17, 15) is 4.11 Å². The fourth-order valence-electron chi connectivity index (χ4n) is 8.75. The fraction of sp³-hybridized carbons (Fsp3) is 0. The quantitative estimate of drug-likeness (QED) is 0.177. The molecule has 12 rings (SSSR count). The first-order chi connectivity index (χ1) is 31.0. The highest BCUT2D eigenvalue weighted by Gasteiger charge is 2.31. The van der Waals surface area contributed by atoms with Gasteiger partial charge in [0.15, 0.2) is 0 Å². The molecule has 0 unspecified atom stereocenters. The molecule has 0 radical (unpaired) electrons. The molecule has 1 aliphatic carbocycles. The van der Waals surface area contributed by atoms with E-state index in [4.69, 9.17) is 13.0 Å². The lowest BCUT2D eigenvalue weighted by atomic mass is 9.81. The molecule has 0 aromatic heterocycles. The molecule has 0 bridgehead atoms. The number of benzene rings is 10. The van der Waals surface area contributed by atoms with Crippen LogP contribution in [-0.2, 0) is 0 Å². The Morgan fingerprint density at radius 2 is 0.945 bits per heavy atom. The van der Waals surface area contributed by atoms with Crippen LogP contribution in [0.25, 0.3) is 110 Å². The zero-order valence-corrected chi connectivity index (χ0v) is 29.2. The average molecular weight is 706 g/mol. The molecule has 0 saturated carbocycles. The molecule has 0 atom stereocenters. The molecule has 55 heavy (non-hydrogen) atoms. The summed E-state index contributed by atoms with van der Waals surface area (Å²) in [6.45, 7) is 0. The van der Waals surface area contributed by atoms with Gasteiger partial charge in [-0.05, 0) is 136 Å². The van der Waals surface area contributed by atoms with E-state index in [2.05, 4.69) is 84.9 Å². The normalized spacial score (nSPS) is 14.4. The van der Waals surface area contributed by atoms with Crippen molar-refractivity contribution in [3.8, 4) is 89.4 Å². The number of ether oxygens (including phenoxy) is 1. The van der Waals surface area contributed by atoms with E-state index in [1.165, 1.54) is 0 Å². The van der Waals surface area contributed by atoms with E-state index in [1.807, 2.05) is 54.6 Å². The van der Waals surface area contributed by atoms with Crippen LogP contribution in [-0.4, -0.2) is 0 Å². The summed E-state index contributed by atoms with van der Waals surface area (Å²) in [4.78, 5) is 0. The van der Waals surface area contributed by atoms with Gasteiger partial charge in [-0.25, -0.2) is 0 Å². The van der Waals surface area contributed by atoms with E-state index in [0.29, 0.717) is 5.56 Å². The van der Waals surface area contributed by atoms with E-state index in [-0.39, 0.29) is 51.0 Å². The van der Waals surface area contributed by atoms with Gasteiger partial charge in [-0.15, -0.1) is 0 Å². The maximum absolute atomic E-state index is 9.96. The predicted octanol–water partition coefficient (Wildman–Crippen LogP) is 15.2. The van der Waals surface area contributed by atoms with Crippen molar-refractivity contribution in [1.29, 1.82) is 0 Å². The van der Waals surface area contributed by atoms with Crippen molar-refractivity contribution in [3.63, 3.8) is 0 Å². The maximum Gasteiger partial charge on any atom is 0.135 e. The second-order valence-electron chi connectivity index (χ2n) is 14.0. The molecule has 1 heterocycles.